The van der Waals surface area contributed by atoms with Gasteiger partial charge in [0.1, 0.15) is 5.82 Å². The molecule has 3 aromatic carbocycles. The molecule has 0 aliphatic carbocycles. The summed E-state index contributed by atoms with van der Waals surface area (Å²) in [7, 11) is -4.06. The first-order valence-electron chi connectivity index (χ1n) is 15.6. The summed E-state index contributed by atoms with van der Waals surface area (Å²) in [5.41, 5.74) is 7.18. The van der Waals surface area contributed by atoms with E-state index in [2.05, 4.69) is 20.9 Å². The summed E-state index contributed by atoms with van der Waals surface area (Å²) in [6.45, 7) is 6.72. The number of aromatic nitrogens is 1. The zero-order chi connectivity index (χ0) is 35.1. The number of hydrogen-bond acceptors (Lipinski definition) is 9. The first-order chi connectivity index (χ1) is 22.6. The van der Waals surface area contributed by atoms with Gasteiger partial charge in [-0.3, -0.25) is 14.9 Å². The Bertz CT molecular complexity index is 1820. The van der Waals surface area contributed by atoms with Crippen molar-refractivity contribution >= 4 is 48.5 Å². The fraction of sp³-hybridized carbons (Fsp3) is 0.382. The number of nitrogen functional groups attached to an aromatic ring is 1. The highest BCUT2D eigenvalue weighted by atomic mass is 32.2. The van der Waals surface area contributed by atoms with Gasteiger partial charge in [0.15, 0.2) is 5.13 Å². The van der Waals surface area contributed by atoms with Crippen LogP contribution < -0.4 is 21.7 Å². The Hall–Kier alpha value is -3.95. The molecule has 0 fully saturated rings. The SMILES string of the molecule is CC(C)CN(C[C@@H](O)[C@H](Cc1ccccc1)NC(=O)CNC(=O)CNC(C)(C)c1cccc(F)c1)S(=O)(=O)c1ccc2nc(N)sc2c1. The predicted molar refractivity (Wildman–Crippen MR) is 186 cm³/mol. The third-order valence-corrected chi connectivity index (χ3v) is 10.4. The number of rotatable bonds is 16. The Labute approximate surface area is 284 Å². The van der Waals surface area contributed by atoms with Crippen LogP contribution in [0.3, 0.4) is 0 Å². The molecule has 11 nitrogen and oxygen atoms in total. The van der Waals surface area contributed by atoms with E-state index in [1.165, 1.54) is 39.9 Å². The number of nitrogens with zero attached hydrogens (tertiary/aromatic N) is 2. The highest BCUT2D eigenvalue weighted by molar-refractivity contribution is 7.89. The molecule has 0 unspecified atom stereocenters. The minimum Gasteiger partial charge on any atom is -0.390 e. The molecule has 4 rings (SSSR count). The maximum absolute atomic E-state index is 13.9. The number of aliphatic hydroxyl groups is 1. The molecule has 0 radical (unpaired) electrons. The van der Waals surface area contributed by atoms with Crippen LogP contribution in [0.4, 0.5) is 9.52 Å². The summed E-state index contributed by atoms with van der Waals surface area (Å²) in [5.74, 6) is -1.46. The van der Waals surface area contributed by atoms with E-state index in [0.29, 0.717) is 20.9 Å². The van der Waals surface area contributed by atoms with Gasteiger partial charge >= 0.3 is 0 Å². The predicted octanol–water partition coefficient (Wildman–Crippen LogP) is 3.39. The zero-order valence-electron chi connectivity index (χ0n) is 27.4. The number of nitrogens with two attached hydrogens (primary N) is 1. The molecule has 4 aromatic rings. The van der Waals surface area contributed by atoms with Gasteiger partial charge in [0.2, 0.25) is 21.8 Å². The van der Waals surface area contributed by atoms with Crippen molar-refractivity contribution in [2.45, 2.75) is 56.7 Å². The van der Waals surface area contributed by atoms with E-state index in [4.69, 9.17) is 5.73 Å². The first kappa shape index (κ1) is 36.9. The number of thiazole rings is 1. The third kappa shape index (κ3) is 10.0. The number of carbonyl (C=O) groups excluding carboxylic acids is 2. The Balaban J connectivity index is 1.44. The van der Waals surface area contributed by atoms with Gasteiger partial charge in [-0.2, -0.15) is 4.31 Å². The van der Waals surface area contributed by atoms with Gasteiger partial charge in [0, 0.05) is 18.6 Å². The van der Waals surface area contributed by atoms with Crippen molar-refractivity contribution in [3.63, 3.8) is 0 Å². The van der Waals surface area contributed by atoms with Crippen molar-refractivity contribution < 1.29 is 27.5 Å². The Morgan fingerprint density at radius 1 is 1.00 bits per heavy atom. The number of amides is 2. The van der Waals surface area contributed by atoms with Crippen LogP contribution in [-0.2, 0) is 31.6 Å². The molecular weight excluding hydrogens is 656 g/mol. The van der Waals surface area contributed by atoms with Crippen LogP contribution in [0.1, 0.15) is 38.8 Å². The topological polar surface area (TPSA) is 167 Å². The van der Waals surface area contributed by atoms with Crippen molar-refractivity contribution in [2.24, 2.45) is 5.92 Å². The second kappa shape index (κ2) is 16.0. The molecule has 0 aliphatic rings. The molecule has 0 spiro atoms. The molecule has 2 atom stereocenters. The van der Waals surface area contributed by atoms with Crippen molar-refractivity contribution in [2.75, 3.05) is 31.9 Å². The molecule has 6 N–H and O–H groups in total. The number of carbonyl (C=O) groups is 2. The van der Waals surface area contributed by atoms with Gasteiger partial charge in [0.05, 0.1) is 40.3 Å². The maximum Gasteiger partial charge on any atom is 0.243 e. The van der Waals surface area contributed by atoms with Gasteiger partial charge in [0.25, 0.3) is 0 Å². The summed E-state index contributed by atoms with van der Waals surface area (Å²) in [6, 6.07) is 19.0. The molecule has 14 heteroatoms. The van der Waals surface area contributed by atoms with Gasteiger partial charge in [-0.1, -0.05) is 67.6 Å². The van der Waals surface area contributed by atoms with E-state index in [1.807, 2.05) is 58.0 Å². The molecule has 2 amide bonds. The summed E-state index contributed by atoms with van der Waals surface area (Å²) in [4.78, 5) is 29.9. The van der Waals surface area contributed by atoms with Crippen LogP contribution in [0, 0.1) is 11.7 Å². The average Bonchev–Trinajstić information content (AvgIpc) is 3.41. The number of nitrogens with one attached hydrogen (secondary N) is 3. The number of anilines is 1. The summed E-state index contributed by atoms with van der Waals surface area (Å²) < 4.78 is 43.3. The highest BCUT2D eigenvalue weighted by Gasteiger charge is 2.32. The van der Waals surface area contributed by atoms with E-state index in [1.54, 1.807) is 18.2 Å². The molecule has 0 aliphatic heterocycles. The Kier molecular flexibility index (Phi) is 12.3. The lowest BCUT2D eigenvalue weighted by atomic mass is 9.94. The van der Waals surface area contributed by atoms with Crippen LogP contribution in [-0.4, -0.2) is 73.0 Å². The van der Waals surface area contributed by atoms with Crippen molar-refractivity contribution in [1.29, 1.82) is 0 Å². The van der Waals surface area contributed by atoms with Gasteiger partial charge in [-0.05, 0) is 67.6 Å². The van der Waals surface area contributed by atoms with E-state index in [-0.39, 0.29) is 49.2 Å². The largest absolute Gasteiger partial charge is 0.390 e. The van der Waals surface area contributed by atoms with Crippen LogP contribution in [0.25, 0.3) is 10.2 Å². The molecule has 0 bridgehead atoms. The normalized spacial score (nSPS) is 13.5. The second-order valence-electron chi connectivity index (χ2n) is 12.6. The number of halogens is 1. The van der Waals surface area contributed by atoms with E-state index in [9.17, 15) is 27.5 Å². The molecule has 1 heterocycles. The maximum atomic E-state index is 13.9. The van der Waals surface area contributed by atoms with Crippen LogP contribution >= 0.6 is 11.3 Å². The minimum atomic E-state index is -4.06. The lowest BCUT2D eigenvalue weighted by molar-refractivity contribution is -0.126. The zero-order valence-corrected chi connectivity index (χ0v) is 29.1. The Morgan fingerprint density at radius 2 is 1.73 bits per heavy atom. The monoisotopic (exact) mass is 698 g/mol. The Morgan fingerprint density at radius 3 is 2.42 bits per heavy atom. The molecular formula is C34H43FN6O5S2. The van der Waals surface area contributed by atoms with E-state index >= 15 is 0 Å². The lowest BCUT2D eigenvalue weighted by Crippen LogP contribution is -2.53. The lowest BCUT2D eigenvalue weighted by Gasteiger charge is -2.31. The minimum absolute atomic E-state index is 0.0482. The number of aliphatic hydroxyl groups excluding tert-OH is 1. The number of hydrogen-bond donors (Lipinski definition) is 5. The molecule has 0 saturated carbocycles. The number of fused-ring (bicyclic) bond motifs is 1. The fourth-order valence-electron chi connectivity index (χ4n) is 5.18. The van der Waals surface area contributed by atoms with Gasteiger partial charge in [-0.25, -0.2) is 17.8 Å². The molecule has 0 saturated heterocycles. The summed E-state index contributed by atoms with van der Waals surface area (Å²) in [6.07, 6.45) is -1.08. The van der Waals surface area contributed by atoms with Crippen molar-refractivity contribution in [3.05, 3.63) is 89.7 Å². The average molecular weight is 699 g/mol. The molecule has 48 heavy (non-hydrogen) atoms. The standard InChI is InChI=1S/C34H43FN6O5S2/c1-22(2)20-41(48(45,46)26-13-14-27-30(17-26)47-33(36)40-27)21-29(42)28(15-23-9-6-5-7-10-23)39-32(44)18-37-31(43)19-38-34(3,4)24-11-8-12-25(35)16-24/h5-14,16-17,22,28-29,38,42H,15,18-21H2,1-4H3,(H2,36,40)(H,37,43)(H,39,44)/t28-,29+/m0/s1. The van der Waals surface area contributed by atoms with E-state index < -0.39 is 39.5 Å². The first-order valence-corrected chi connectivity index (χ1v) is 17.8. The summed E-state index contributed by atoms with van der Waals surface area (Å²) >= 11 is 1.18. The van der Waals surface area contributed by atoms with E-state index in [0.717, 1.165) is 5.56 Å². The van der Waals surface area contributed by atoms with Crippen molar-refractivity contribution in [1.82, 2.24) is 25.2 Å². The van der Waals surface area contributed by atoms with Crippen molar-refractivity contribution in [3.8, 4) is 0 Å². The second-order valence-corrected chi connectivity index (χ2v) is 15.6. The van der Waals surface area contributed by atoms with Crippen LogP contribution in [0.2, 0.25) is 0 Å². The molecule has 258 valence electrons. The van der Waals surface area contributed by atoms with Crippen LogP contribution in [0.5, 0.6) is 0 Å². The number of benzene rings is 3. The fourth-order valence-corrected chi connectivity index (χ4v) is 7.67. The van der Waals surface area contributed by atoms with Gasteiger partial charge in [-0.15, -0.1) is 0 Å². The third-order valence-electron chi connectivity index (χ3n) is 7.77. The highest BCUT2D eigenvalue weighted by Crippen LogP contribution is 2.28. The smallest absolute Gasteiger partial charge is 0.243 e. The summed E-state index contributed by atoms with van der Waals surface area (Å²) in [5, 5.41) is 20.3. The number of sulfonamides is 1. The van der Waals surface area contributed by atoms with Gasteiger partial charge < -0.3 is 21.5 Å². The van der Waals surface area contributed by atoms with Crippen LogP contribution in [0.15, 0.2) is 77.7 Å². The molecule has 1 aromatic heterocycles. The quantitative estimate of drug-likeness (QED) is 0.119.